The van der Waals surface area contributed by atoms with Crippen LogP contribution in [0.4, 0.5) is 0 Å². The maximum Gasteiger partial charge on any atom is 0.321 e. The molecule has 2 aliphatic rings. The molecule has 216 valence electrons. The molecule has 0 aliphatic carbocycles. The second-order valence-corrected chi connectivity index (χ2v) is 11.7. The van der Waals surface area contributed by atoms with Gasteiger partial charge in [-0.15, -0.1) is 0 Å². The number of carbonyl (C=O) groups is 2. The van der Waals surface area contributed by atoms with Crippen LogP contribution in [0.25, 0.3) is 12.2 Å². The van der Waals surface area contributed by atoms with Crippen molar-refractivity contribution in [2.24, 2.45) is 10.8 Å². The molecule has 0 atom stereocenters. The molecular formula is C31H38O9. The van der Waals surface area contributed by atoms with Gasteiger partial charge in [0, 0.05) is 6.07 Å². The quantitative estimate of drug-likeness (QED) is 0.258. The summed E-state index contributed by atoms with van der Waals surface area (Å²) in [4.78, 5) is 26.4. The van der Waals surface area contributed by atoms with E-state index < -0.39 is 34.3 Å². The molecule has 4 rings (SSSR count). The zero-order chi connectivity index (χ0) is 29.2. The summed E-state index contributed by atoms with van der Waals surface area (Å²) in [7, 11) is 1.61. The Labute approximate surface area is 235 Å². The molecule has 9 nitrogen and oxygen atoms in total. The van der Waals surface area contributed by atoms with Crippen molar-refractivity contribution in [2.45, 2.75) is 53.1 Å². The fraction of sp³-hybridized carbons (Fsp3) is 0.484. The molecule has 0 radical (unpaired) electrons. The van der Waals surface area contributed by atoms with E-state index in [0.29, 0.717) is 5.56 Å². The van der Waals surface area contributed by atoms with Gasteiger partial charge in [-0.25, -0.2) is 0 Å². The number of esters is 2. The van der Waals surface area contributed by atoms with Crippen LogP contribution in [0.1, 0.15) is 52.7 Å². The average Bonchev–Trinajstić information content (AvgIpc) is 2.91. The molecule has 2 fully saturated rings. The maximum atomic E-state index is 13.2. The van der Waals surface area contributed by atoms with Gasteiger partial charge in [-0.3, -0.25) is 9.59 Å². The highest BCUT2D eigenvalue weighted by Gasteiger charge is 2.45. The number of hydrogen-bond acceptors (Lipinski definition) is 9. The smallest absolute Gasteiger partial charge is 0.321 e. The number of hydrogen-bond donors (Lipinski definition) is 0. The predicted molar refractivity (Wildman–Crippen MR) is 148 cm³/mol. The Bertz CT molecular complexity index is 1170. The number of rotatable bonds is 7. The summed E-state index contributed by atoms with van der Waals surface area (Å²) in [6.07, 6.45) is 3.73. The van der Waals surface area contributed by atoms with Gasteiger partial charge >= 0.3 is 11.9 Å². The number of benzene rings is 2. The largest absolute Gasteiger partial charge is 0.497 e. The second kappa shape index (κ2) is 11.3. The molecule has 9 heteroatoms. The molecule has 0 bridgehead atoms. The first-order valence-electron chi connectivity index (χ1n) is 13.2. The number of methoxy groups -OCH3 is 1. The van der Waals surface area contributed by atoms with Crippen LogP contribution in [0.15, 0.2) is 42.5 Å². The summed E-state index contributed by atoms with van der Waals surface area (Å²) in [5, 5.41) is 0. The summed E-state index contributed by atoms with van der Waals surface area (Å²) >= 11 is 0. The van der Waals surface area contributed by atoms with E-state index in [-0.39, 0.29) is 37.9 Å². The minimum atomic E-state index is -1.00. The number of ether oxygens (including phenoxy) is 7. The predicted octanol–water partition coefficient (Wildman–Crippen LogP) is 5.25. The Morgan fingerprint density at radius 1 is 0.625 bits per heavy atom. The van der Waals surface area contributed by atoms with Crippen LogP contribution in [-0.4, -0.2) is 57.1 Å². The monoisotopic (exact) mass is 554 g/mol. The van der Waals surface area contributed by atoms with Crippen molar-refractivity contribution in [1.82, 2.24) is 0 Å². The van der Waals surface area contributed by atoms with E-state index in [0.717, 1.165) is 11.3 Å². The van der Waals surface area contributed by atoms with Crippen molar-refractivity contribution in [3.05, 3.63) is 53.6 Å². The van der Waals surface area contributed by atoms with E-state index in [1.807, 2.05) is 36.4 Å². The molecule has 0 aromatic heterocycles. The van der Waals surface area contributed by atoms with Crippen molar-refractivity contribution in [3.63, 3.8) is 0 Å². The van der Waals surface area contributed by atoms with Crippen molar-refractivity contribution < 1.29 is 42.7 Å². The fourth-order valence-electron chi connectivity index (χ4n) is 3.91. The lowest BCUT2D eigenvalue weighted by Crippen LogP contribution is -2.50. The average molecular weight is 555 g/mol. The Kier molecular flexibility index (Phi) is 8.42. The summed E-state index contributed by atoms with van der Waals surface area (Å²) in [6, 6.07) is 12.5. The molecule has 40 heavy (non-hydrogen) atoms. The van der Waals surface area contributed by atoms with Crippen LogP contribution < -0.4 is 14.2 Å². The minimum absolute atomic E-state index is 0.145. The summed E-state index contributed by atoms with van der Waals surface area (Å²) < 4.78 is 39.6. The lowest BCUT2D eigenvalue weighted by Gasteiger charge is -2.39. The second-order valence-electron chi connectivity index (χ2n) is 11.7. The molecule has 2 aromatic carbocycles. The number of carbonyl (C=O) groups excluding carboxylic acids is 2. The molecule has 0 spiro atoms. The van der Waals surface area contributed by atoms with Gasteiger partial charge in [0.15, 0.2) is 11.6 Å². The van der Waals surface area contributed by atoms with Gasteiger partial charge in [-0.2, -0.15) is 0 Å². The highest BCUT2D eigenvalue weighted by atomic mass is 16.7. The van der Waals surface area contributed by atoms with Crippen LogP contribution in [-0.2, 0) is 28.5 Å². The molecular weight excluding hydrogens is 516 g/mol. The first kappa shape index (κ1) is 29.7. The molecule has 2 saturated heterocycles. The van der Waals surface area contributed by atoms with E-state index in [1.165, 1.54) is 6.07 Å². The van der Waals surface area contributed by atoms with E-state index in [2.05, 4.69) is 0 Å². The zero-order valence-electron chi connectivity index (χ0n) is 24.2. The molecule has 0 amide bonds. The third kappa shape index (κ3) is 7.28. The third-order valence-electron chi connectivity index (χ3n) is 6.85. The Morgan fingerprint density at radius 3 is 1.43 bits per heavy atom. The van der Waals surface area contributed by atoms with Gasteiger partial charge in [0.25, 0.3) is 0 Å². The lowest BCUT2D eigenvalue weighted by molar-refractivity contribution is -0.280. The zero-order valence-corrected chi connectivity index (χ0v) is 24.2. The Balaban J connectivity index is 1.57. The SMILES string of the molecule is COc1ccc(C=Cc2cc(OC(=O)C3(C)COC(C)(C)OC3)cc(OC(=O)C3(C)COC(C)(C)OC3)c2)cc1. The minimum Gasteiger partial charge on any atom is -0.497 e. The van der Waals surface area contributed by atoms with Crippen molar-refractivity contribution >= 4 is 24.1 Å². The van der Waals surface area contributed by atoms with Gasteiger partial charge in [0.2, 0.25) is 0 Å². The summed E-state index contributed by atoms with van der Waals surface area (Å²) in [5.41, 5.74) is -0.412. The molecule has 2 aromatic rings. The normalized spacial score (nSPS) is 21.0. The maximum absolute atomic E-state index is 13.2. The van der Waals surface area contributed by atoms with E-state index >= 15 is 0 Å². The third-order valence-corrected chi connectivity index (χ3v) is 6.85. The molecule has 0 unspecified atom stereocenters. The first-order valence-corrected chi connectivity index (χ1v) is 13.2. The summed E-state index contributed by atoms with van der Waals surface area (Å²) in [5.74, 6) is -1.38. The molecule has 2 heterocycles. The van der Waals surface area contributed by atoms with Gasteiger partial charge in [0.05, 0.1) is 33.5 Å². The lowest BCUT2D eigenvalue weighted by atomic mass is 9.91. The molecule has 2 aliphatic heterocycles. The van der Waals surface area contributed by atoms with E-state index in [4.69, 9.17) is 33.2 Å². The van der Waals surface area contributed by atoms with Crippen molar-refractivity contribution in [1.29, 1.82) is 0 Å². The highest BCUT2D eigenvalue weighted by Crippen LogP contribution is 2.34. The summed E-state index contributed by atoms with van der Waals surface area (Å²) in [6.45, 7) is 11.2. The topological polar surface area (TPSA) is 98.8 Å². The molecule has 0 saturated carbocycles. The fourth-order valence-corrected chi connectivity index (χ4v) is 3.91. The van der Waals surface area contributed by atoms with Gasteiger partial charge in [-0.1, -0.05) is 24.3 Å². The van der Waals surface area contributed by atoms with Crippen LogP contribution in [0.2, 0.25) is 0 Å². The van der Waals surface area contributed by atoms with Crippen molar-refractivity contribution in [2.75, 3.05) is 33.5 Å². The van der Waals surface area contributed by atoms with Gasteiger partial charge < -0.3 is 33.2 Å². The van der Waals surface area contributed by atoms with E-state index in [9.17, 15) is 9.59 Å². The van der Waals surface area contributed by atoms with Crippen LogP contribution in [0.3, 0.4) is 0 Å². The van der Waals surface area contributed by atoms with Gasteiger partial charge in [0.1, 0.15) is 28.1 Å². The van der Waals surface area contributed by atoms with Gasteiger partial charge in [-0.05, 0) is 76.9 Å². The van der Waals surface area contributed by atoms with E-state index in [1.54, 1.807) is 60.8 Å². The molecule has 0 N–H and O–H groups in total. The Hall–Kier alpha value is -3.24. The standard InChI is InChI=1S/C31H38O9/c1-28(2)35-17-30(5,18-36-28)26(32)39-24-14-22(9-8-21-10-12-23(34-7)13-11-21)15-25(16-24)40-27(33)31(6)19-37-29(3,4)38-20-31/h8-16H,17-20H2,1-7H3. The van der Waals surface area contributed by atoms with Crippen LogP contribution in [0.5, 0.6) is 17.2 Å². The Morgan fingerprint density at radius 2 is 1.02 bits per heavy atom. The van der Waals surface area contributed by atoms with Crippen LogP contribution in [0, 0.1) is 10.8 Å². The van der Waals surface area contributed by atoms with Crippen molar-refractivity contribution in [3.8, 4) is 17.2 Å². The van der Waals surface area contributed by atoms with Crippen LogP contribution >= 0.6 is 0 Å². The highest BCUT2D eigenvalue weighted by molar-refractivity contribution is 5.82. The first-order chi connectivity index (χ1) is 18.7.